The van der Waals surface area contributed by atoms with E-state index in [1.54, 1.807) is 0 Å². The predicted molar refractivity (Wildman–Crippen MR) is 78.2 cm³/mol. The van der Waals surface area contributed by atoms with Crippen molar-refractivity contribution in [3.8, 4) is 0 Å². The zero-order chi connectivity index (χ0) is 13.5. The summed E-state index contributed by atoms with van der Waals surface area (Å²) >= 11 is 0. The van der Waals surface area contributed by atoms with Crippen LogP contribution in [0.5, 0.6) is 0 Å². The monoisotopic (exact) mass is 249 g/mol. The second-order valence-corrected chi connectivity index (χ2v) is 5.04. The lowest BCUT2D eigenvalue weighted by Crippen LogP contribution is -2.19. The molecule has 1 N–H and O–H groups in total. The molecule has 0 saturated carbocycles. The molecule has 1 aromatic carbocycles. The summed E-state index contributed by atoms with van der Waals surface area (Å²) in [6, 6.07) is 4.98. The topological polar surface area (TPSA) is 21.3 Å². The maximum atomic E-state index is 5.59. The van der Waals surface area contributed by atoms with Crippen LogP contribution in [0.1, 0.15) is 48.1 Å². The highest BCUT2D eigenvalue weighted by Gasteiger charge is 2.12. The van der Waals surface area contributed by atoms with Crippen LogP contribution in [0.15, 0.2) is 12.1 Å². The molecule has 1 atom stereocenters. The van der Waals surface area contributed by atoms with Gasteiger partial charge in [-0.3, -0.25) is 0 Å². The van der Waals surface area contributed by atoms with Crippen molar-refractivity contribution in [2.24, 2.45) is 0 Å². The molecule has 1 unspecified atom stereocenters. The van der Waals surface area contributed by atoms with Crippen LogP contribution >= 0.6 is 0 Å². The van der Waals surface area contributed by atoms with E-state index in [9.17, 15) is 0 Å². The molecule has 0 bridgehead atoms. The first-order valence-electron chi connectivity index (χ1n) is 6.92. The Bertz CT molecular complexity index is 374. The lowest BCUT2D eigenvalue weighted by Gasteiger charge is -2.20. The van der Waals surface area contributed by atoms with Crippen LogP contribution in [0, 0.1) is 20.8 Å². The standard InChI is InChI=1S/C16H27NO/c1-6-8-18-9-7-16(17-5)15-11-13(3)12(2)10-14(15)4/h10-11,16-17H,6-9H2,1-5H3. The molecule has 0 aliphatic carbocycles. The Morgan fingerprint density at radius 3 is 2.33 bits per heavy atom. The number of rotatable bonds is 7. The van der Waals surface area contributed by atoms with Gasteiger partial charge in [0.25, 0.3) is 0 Å². The number of nitrogens with one attached hydrogen (secondary N) is 1. The van der Waals surface area contributed by atoms with Crippen LogP contribution in [0.3, 0.4) is 0 Å². The number of benzene rings is 1. The van der Waals surface area contributed by atoms with Crippen LogP contribution in [-0.4, -0.2) is 20.3 Å². The minimum Gasteiger partial charge on any atom is -0.381 e. The summed E-state index contributed by atoms with van der Waals surface area (Å²) in [7, 11) is 2.03. The van der Waals surface area contributed by atoms with Gasteiger partial charge >= 0.3 is 0 Å². The molecule has 18 heavy (non-hydrogen) atoms. The zero-order valence-corrected chi connectivity index (χ0v) is 12.5. The third-order valence-electron chi connectivity index (χ3n) is 3.51. The van der Waals surface area contributed by atoms with Crippen molar-refractivity contribution in [2.45, 2.75) is 46.6 Å². The third kappa shape index (κ3) is 4.11. The molecule has 1 rings (SSSR count). The number of hydrogen-bond donors (Lipinski definition) is 1. The van der Waals surface area contributed by atoms with E-state index in [0.717, 1.165) is 26.1 Å². The maximum Gasteiger partial charge on any atom is 0.0484 e. The second-order valence-electron chi connectivity index (χ2n) is 5.04. The van der Waals surface area contributed by atoms with Crippen LogP contribution in [-0.2, 0) is 4.74 Å². The normalized spacial score (nSPS) is 12.7. The highest BCUT2D eigenvalue weighted by atomic mass is 16.5. The number of aryl methyl sites for hydroxylation is 3. The molecule has 102 valence electrons. The van der Waals surface area contributed by atoms with Crippen molar-refractivity contribution in [3.05, 3.63) is 34.4 Å². The van der Waals surface area contributed by atoms with Crippen LogP contribution in [0.2, 0.25) is 0 Å². The fourth-order valence-electron chi connectivity index (χ4n) is 2.26. The molecule has 0 heterocycles. The van der Waals surface area contributed by atoms with Crippen molar-refractivity contribution in [1.29, 1.82) is 0 Å². The van der Waals surface area contributed by atoms with E-state index >= 15 is 0 Å². The van der Waals surface area contributed by atoms with Crippen molar-refractivity contribution < 1.29 is 4.74 Å². The van der Waals surface area contributed by atoms with Crippen molar-refractivity contribution in [2.75, 3.05) is 20.3 Å². The zero-order valence-electron chi connectivity index (χ0n) is 12.5. The van der Waals surface area contributed by atoms with E-state index < -0.39 is 0 Å². The average molecular weight is 249 g/mol. The van der Waals surface area contributed by atoms with Gasteiger partial charge in [-0.25, -0.2) is 0 Å². The van der Waals surface area contributed by atoms with Crippen LogP contribution < -0.4 is 5.32 Å². The first kappa shape index (κ1) is 15.2. The van der Waals surface area contributed by atoms with Crippen molar-refractivity contribution >= 4 is 0 Å². The largest absolute Gasteiger partial charge is 0.381 e. The van der Waals surface area contributed by atoms with E-state index in [1.807, 2.05) is 7.05 Å². The van der Waals surface area contributed by atoms with Gasteiger partial charge in [-0.05, 0) is 62.9 Å². The van der Waals surface area contributed by atoms with Gasteiger partial charge in [0.2, 0.25) is 0 Å². The van der Waals surface area contributed by atoms with Gasteiger partial charge in [0.1, 0.15) is 0 Å². The van der Waals surface area contributed by atoms with Crippen LogP contribution in [0.25, 0.3) is 0 Å². The van der Waals surface area contributed by atoms with Gasteiger partial charge in [0, 0.05) is 19.3 Å². The van der Waals surface area contributed by atoms with Gasteiger partial charge in [-0.15, -0.1) is 0 Å². The summed E-state index contributed by atoms with van der Waals surface area (Å²) in [6.45, 7) is 10.4. The minimum absolute atomic E-state index is 0.390. The number of hydrogen-bond acceptors (Lipinski definition) is 2. The highest BCUT2D eigenvalue weighted by molar-refractivity contribution is 5.38. The Morgan fingerprint density at radius 1 is 1.06 bits per heavy atom. The Hall–Kier alpha value is -0.860. The molecule has 0 aliphatic heterocycles. The molecule has 0 aliphatic rings. The molecule has 0 radical (unpaired) electrons. The molecule has 2 heteroatoms. The first-order chi connectivity index (χ1) is 8.60. The predicted octanol–water partition coefficient (Wildman–Crippen LogP) is 3.69. The molecular formula is C16H27NO. The molecule has 0 aromatic heterocycles. The summed E-state index contributed by atoms with van der Waals surface area (Å²) in [5.41, 5.74) is 5.51. The van der Waals surface area contributed by atoms with Gasteiger partial charge in [-0.2, -0.15) is 0 Å². The SMILES string of the molecule is CCCOCCC(NC)c1cc(C)c(C)cc1C. The molecular weight excluding hydrogens is 222 g/mol. The summed E-state index contributed by atoms with van der Waals surface area (Å²) in [5, 5.41) is 3.40. The van der Waals surface area contributed by atoms with Crippen LogP contribution in [0.4, 0.5) is 0 Å². The fourth-order valence-corrected chi connectivity index (χ4v) is 2.26. The van der Waals surface area contributed by atoms with Gasteiger partial charge < -0.3 is 10.1 Å². The first-order valence-corrected chi connectivity index (χ1v) is 6.92. The Morgan fingerprint density at radius 2 is 1.72 bits per heavy atom. The Balaban J connectivity index is 2.72. The van der Waals surface area contributed by atoms with Gasteiger partial charge in [-0.1, -0.05) is 19.1 Å². The van der Waals surface area contributed by atoms with Crippen molar-refractivity contribution in [3.63, 3.8) is 0 Å². The van der Waals surface area contributed by atoms with E-state index in [-0.39, 0.29) is 0 Å². The molecule has 0 fully saturated rings. The summed E-state index contributed by atoms with van der Waals surface area (Å²) in [4.78, 5) is 0. The molecule has 2 nitrogen and oxygen atoms in total. The quantitative estimate of drug-likeness (QED) is 0.744. The third-order valence-corrected chi connectivity index (χ3v) is 3.51. The molecule has 0 saturated heterocycles. The minimum atomic E-state index is 0.390. The molecule has 0 amide bonds. The fraction of sp³-hybridized carbons (Fsp3) is 0.625. The maximum absolute atomic E-state index is 5.59. The lowest BCUT2D eigenvalue weighted by atomic mass is 9.94. The van der Waals surface area contributed by atoms with E-state index in [1.165, 1.54) is 22.3 Å². The van der Waals surface area contributed by atoms with Gasteiger partial charge in [0.05, 0.1) is 0 Å². The summed E-state index contributed by atoms with van der Waals surface area (Å²) < 4.78 is 5.59. The van der Waals surface area contributed by atoms with Gasteiger partial charge in [0.15, 0.2) is 0 Å². The smallest absolute Gasteiger partial charge is 0.0484 e. The lowest BCUT2D eigenvalue weighted by molar-refractivity contribution is 0.125. The average Bonchev–Trinajstić information content (AvgIpc) is 2.35. The molecule has 0 spiro atoms. The number of ether oxygens (including phenoxy) is 1. The summed E-state index contributed by atoms with van der Waals surface area (Å²) in [6.07, 6.45) is 2.12. The van der Waals surface area contributed by atoms with E-state index in [0.29, 0.717) is 6.04 Å². The second kappa shape index (κ2) is 7.55. The van der Waals surface area contributed by atoms with E-state index in [2.05, 4.69) is 45.1 Å². The summed E-state index contributed by atoms with van der Waals surface area (Å²) in [5.74, 6) is 0. The highest BCUT2D eigenvalue weighted by Crippen LogP contribution is 2.23. The van der Waals surface area contributed by atoms with E-state index in [4.69, 9.17) is 4.74 Å². The Labute approximate surface area is 112 Å². The van der Waals surface area contributed by atoms with Crippen molar-refractivity contribution in [1.82, 2.24) is 5.32 Å². The molecule has 1 aromatic rings. The Kier molecular flexibility index (Phi) is 6.37.